The van der Waals surface area contributed by atoms with Gasteiger partial charge in [0.1, 0.15) is 12.4 Å². The van der Waals surface area contributed by atoms with E-state index in [1.807, 2.05) is 58.0 Å². The number of likely N-dealkylation sites (tertiary alicyclic amines) is 1. The van der Waals surface area contributed by atoms with Crippen LogP contribution in [0.5, 0.6) is 5.88 Å². The largest absolute Gasteiger partial charge is 0.493 e. The highest BCUT2D eigenvalue weighted by Crippen LogP contribution is 2.33. The Hall–Kier alpha value is -3.45. The summed E-state index contributed by atoms with van der Waals surface area (Å²) in [6.07, 6.45) is 2.14. The van der Waals surface area contributed by atoms with Crippen molar-refractivity contribution in [2.24, 2.45) is 0 Å². The molecule has 2 heterocycles. The van der Waals surface area contributed by atoms with Crippen molar-refractivity contribution in [3.63, 3.8) is 0 Å². The van der Waals surface area contributed by atoms with E-state index in [2.05, 4.69) is 24.0 Å². The molecule has 1 saturated heterocycles. The molecule has 0 saturated carbocycles. The molecule has 7 heteroatoms. The van der Waals surface area contributed by atoms with Gasteiger partial charge < -0.3 is 14.7 Å². The SMILES string of the molecule is CCc1cccc(CC)c1-n1c(COC(C)C)nc(=O)c(C(=O)N2CCC(c3ccccc3C)C2)c1O. The third-order valence-corrected chi connectivity index (χ3v) is 7.19. The Morgan fingerprint density at radius 2 is 1.78 bits per heavy atom. The lowest BCUT2D eigenvalue weighted by molar-refractivity contribution is 0.0591. The number of hydrogen-bond acceptors (Lipinski definition) is 5. The molecule has 7 nitrogen and oxygen atoms in total. The van der Waals surface area contributed by atoms with E-state index in [4.69, 9.17) is 4.74 Å². The Kier molecular flexibility index (Phi) is 8.13. The van der Waals surface area contributed by atoms with Gasteiger partial charge in [-0.15, -0.1) is 0 Å². The number of benzene rings is 2. The van der Waals surface area contributed by atoms with Crippen LogP contribution in [0.15, 0.2) is 47.3 Å². The van der Waals surface area contributed by atoms with Crippen molar-refractivity contribution in [2.75, 3.05) is 13.1 Å². The van der Waals surface area contributed by atoms with Crippen LogP contribution in [0.25, 0.3) is 5.69 Å². The maximum atomic E-state index is 13.7. The number of carbonyl (C=O) groups excluding carboxylic acids is 1. The summed E-state index contributed by atoms with van der Waals surface area (Å²) in [5, 5.41) is 11.6. The quantitative estimate of drug-likeness (QED) is 0.471. The third-order valence-electron chi connectivity index (χ3n) is 7.19. The fourth-order valence-corrected chi connectivity index (χ4v) is 5.22. The number of para-hydroxylation sites is 1. The number of aromatic hydroxyl groups is 1. The highest BCUT2D eigenvalue weighted by Gasteiger charge is 2.33. The number of ether oxygens (including phenoxy) is 1. The highest BCUT2D eigenvalue weighted by molar-refractivity contribution is 5.96. The van der Waals surface area contributed by atoms with Gasteiger partial charge in [-0.3, -0.25) is 14.2 Å². The molecule has 2 aromatic carbocycles. The number of aromatic nitrogens is 2. The number of rotatable bonds is 8. The van der Waals surface area contributed by atoms with Crippen LogP contribution in [0, 0.1) is 6.92 Å². The standard InChI is InChI=1S/C30H37N3O4/c1-6-21-12-10-13-22(7-2)27(21)33-25(18-37-19(3)4)31-28(34)26(30(33)36)29(35)32-16-15-23(17-32)24-14-9-8-11-20(24)5/h8-14,19,23,36H,6-7,15-18H2,1-5H3. The highest BCUT2D eigenvalue weighted by atomic mass is 16.5. The third kappa shape index (κ3) is 5.32. The first-order chi connectivity index (χ1) is 17.8. The van der Waals surface area contributed by atoms with Crippen molar-refractivity contribution in [1.29, 1.82) is 0 Å². The van der Waals surface area contributed by atoms with E-state index in [-0.39, 0.29) is 35.9 Å². The summed E-state index contributed by atoms with van der Waals surface area (Å²) < 4.78 is 7.35. The first kappa shape index (κ1) is 26.6. The topological polar surface area (TPSA) is 84.7 Å². The number of amides is 1. The van der Waals surface area contributed by atoms with Gasteiger partial charge in [-0.25, -0.2) is 0 Å². The predicted octanol–water partition coefficient (Wildman–Crippen LogP) is 4.93. The van der Waals surface area contributed by atoms with E-state index >= 15 is 0 Å². The van der Waals surface area contributed by atoms with Crippen LogP contribution in [0.4, 0.5) is 0 Å². The van der Waals surface area contributed by atoms with Gasteiger partial charge in [0.25, 0.3) is 11.5 Å². The molecule has 1 aromatic heterocycles. The smallest absolute Gasteiger partial charge is 0.289 e. The molecule has 0 radical (unpaired) electrons. The molecule has 37 heavy (non-hydrogen) atoms. The summed E-state index contributed by atoms with van der Waals surface area (Å²) in [4.78, 5) is 32.9. The molecule has 1 fully saturated rings. The van der Waals surface area contributed by atoms with Crippen LogP contribution in [0.1, 0.15) is 78.5 Å². The minimum Gasteiger partial charge on any atom is -0.493 e. The first-order valence-electron chi connectivity index (χ1n) is 13.2. The lowest BCUT2D eigenvalue weighted by atomic mass is 9.94. The number of carbonyl (C=O) groups is 1. The Morgan fingerprint density at radius 1 is 1.11 bits per heavy atom. The maximum absolute atomic E-state index is 13.7. The van der Waals surface area contributed by atoms with E-state index in [0.717, 1.165) is 23.2 Å². The Bertz CT molecular complexity index is 1320. The van der Waals surface area contributed by atoms with E-state index < -0.39 is 11.5 Å². The second-order valence-electron chi connectivity index (χ2n) is 9.95. The fraction of sp³-hybridized carbons (Fsp3) is 0.433. The minimum absolute atomic E-state index is 0.0369. The molecule has 1 unspecified atom stereocenters. The van der Waals surface area contributed by atoms with Crippen LogP contribution in [-0.2, 0) is 24.2 Å². The predicted molar refractivity (Wildman–Crippen MR) is 145 cm³/mol. The lowest BCUT2D eigenvalue weighted by Crippen LogP contribution is -2.35. The van der Waals surface area contributed by atoms with E-state index in [0.29, 0.717) is 25.9 Å². The molecule has 3 aromatic rings. The molecule has 1 N–H and O–H groups in total. The van der Waals surface area contributed by atoms with Crippen LogP contribution < -0.4 is 5.56 Å². The summed E-state index contributed by atoms with van der Waals surface area (Å²) >= 11 is 0. The van der Waals surface area contributed by atoms with Gasteiger partial charge in [0.2, 0.25) is 5.88 Å². The lowest BCUT2D eigenvalue weighted by Gasteiger charge is -2.23. The molecule has 196 valence electrons. The zero-order chi connectivity index (χ0) is 26.7. The number of nitrogens with zero attached hydrogens (tertiary/aromatic N) is 3. The first-order valence-corrected chi connectivity index (χ1v) is 13.2. The molecular weight excluding hydrogens is 466 g/mol. The van der Waals surface area contributed by atoms with E-state index in [9.17, 15) is 14.7 Å². The van der Waals surface area contributed by atoms with E-state index in [1.165, 1.54) is 11.1 Å². The average Bonchev–Trinajstić information content (AvgIpc) is 3.37. The number of hydrogen-bond donors (Lipinski definition) is 1. The zero-order valence-corrected chi connectivity index (χ0v) is 22.5. The molecule has 1 aliphatic rings. The van der Waals surface area contributed by atoms with Gasteiger partial charge in [0.05, 0.1) is 11.8 Å². The molecule has 1 amide bonds. The second-order valence-corrected chi connectivity index (χ2v) is 9.95. The van der Waals surface area contributed by atoms with Crippen LogP contribution in [0.3, 0.4) is 0 Å². The molecule has 1 aliphatic heterocycles. The maximum Gasteiger partial charge on any atom is 0.289 e. The summed E-state index contributed by atoms with van der Waals surface area (Å²) in [5.74, 6) is -0.387. The second kappa shape index (κ2) is 11.3. The molecule has 0 bridgehead atoms. The van der Waals surface area contributed by atoms with Gasteiger partial charge in [-0.2, -0.15) is 4.98 Å². The van der Waals surface area contributed by atoms with Gasteiger partial charge >= 0.3 is 0 Å². The minimum atomic E-state index is -0.729. The number of aryl methyl sites for hydroxylation is 3. The van der Waals surface area contributed by atoms with Crippen LogP contribution in [0.2, 0.25) is 0 Å². The van der Waals surface area contributed by atoms with Crippen LogP contribution >= 0.6 is 0 Å². The normalized spacial score (nSPS) is 15.5. The van der Waals surface area contributed by atoms with Crippen molar-refractivity contribution < 1.29 is 14.6 Å². The fourth-order valence-electron chi connectivity index (χ4n) is 5.22. The van der Waals surface area contributed by atoms with Crippen LogP contribution in [-0.4, -0.2) is 44.7 Å². The molecule has 0 aliphatic carbocycles. The Labute approximate surface area is 218 Å². The van der Waals surface area contributed by atoms with Gasteiger partial charge in [0, 0.05) is 19.0 Å². The van der Waals surface area contributed by atoms with Gasteiger partial charge in [-0.05, 0) is 62.3 Å². The Morgan fingerprint density at radius 3 is 2.41 bits per heavy atom. The molecule has 4 rings (SSSR count). The summed E-state index contributed by atoms with van der Waals surface area (Å²) in [7, 11) is 0. The average molecular weight is 504 g/mol. The van der Waals surface area contributed by atoms with Crippen molar-refractivity contribution in [3.8, 4) is 11.6 Å². The monoisotopic (exact) mass is 503 g/mol. The summed E-state index contributed by atoms with van der Waals surface area (Å²) in [6, 6.07) is 14.2. The molecule has 0 spiro atoms. The van der Waals surface area contributed by atoms with Gasteiger partial charge in [-0.1, -0.05) is 56.3 Å². The van der Waals surface area contributed by atoms with Crippen molar-refractivity contribution in [3.05, 3.63) is 86.5 Å². The van der Waals surface area contributed by atoms with Crippen molar-refractivity contribution >= 4 is 5.91 Å². The van der Waals surface area contributed by atoms with Gasteiger partial charge in [0.15, 0.2) is 5.56 Å². The Balaban J connectivity index is 1.80. The molecular formula is C30H37N3O4. The van der Waals surface area contributed by atoms with Crippen molar-refractivity contribution in [2.45, 2.75) is 72.5 Å². The summed E-state index contributed by atoms with van der Waals surface area (Å²) in [6.45, 7) is 11.0. The van der Waals surface area contributed by atoms with Crippen molar-refractivity contribution in [1.82, 2.24) is 14.5 Å². The summed E-state index contributed by atoms with van der Waals surface area (Å²) in [5.41, 5.74) is 4.12. The zero-order valence-electron chi connectivity index (χ0n) is 22.5. The van der Waals surface area contributed by atoms with E-state index in [1.54, 1.807) is 9.47 Å². The molecule has 1 atom stereocenters.